The van der Waals surface area contributed by atoms with E-state index in [1.165, 1.54) is 0 Å². The number of aromatic nitrogens is 4. The van der Waals surface area contributed by atoms with Crippen LogP contribution in [0.2, 0.25) is 0 Å². The van der Waals surface area contributed by atoms with E-state index in [1.807, 2.05) is 23.4 Å². The molecular formula is C14H22N6. The summed E-state index contributed by atoms with van der Waals surface area (Å²) in [6, 6.07) is 0. The summed E-state index contributed by atoms with van der Waals surface area (Å²) in [5.41, 5.74) is 2.30. The van der Waals surface area contributed by atoms with Crippen LogP contribution in [0.4, 0.5) is 0 Å². The van der Waals surface area contributed by atoms with Crippen LogP contribution in [0.3, 0.4) is 0 Å². The maximum atomic E-state index is 4.34. The molecule has 0 spiro atoms. The second-order valence-electron chi connectivity index (χ2n) is 5.15. The molecule has 3 heterocycles. The first-order valence-corrected chi connectivity index (χ1v) is 7.33. The van der Waals surface area contributed by atoms with Crippen LogP contribution in [0.1, 0.15) is 6.92 Å². The molecule has 1 N–H and O–H groups in total. The highest BCUT2D eigenvalue weighted by Crippen LogP contribution is 2.18. The van der Waals surface area contributed by atoms with E-state index in [0.29, 0.717) is 0 Å². The van der Waals surface area contributed by atoms with Gasteiger partial charge in [-0.1, -0.05) is 0 Å². The van der Waals surface area contributed by atoms with Gasteiger partial charge in [0.25, 0.3) is 0 Å². The van der Waals surface area contributed by atoms with Crippen LogP contribution in [0.5, 0.6) is 0 Å². The molecule has 0 aromatic carbocycles. The molecular weight excluding hydrogens is 252 g/mol. The van der Waals surface area contributed by atoms with Crippen molar-refractivity contribution >= 4 is 0 Å². The summed E-state index contributed by atoms with van der Waals surface area (Å²) < 4.78 is 4.17. The third kappa shape index (κ3) is 2.91. The van der Waals surface area contributed by atoms with E-state index in [2.05, 4.69) is 38.0 Å². The number of imidazole rings is 1. The van der Waals surface area contributed by atoms with Crippen molar-refractivity contribution in [3.8, 4) is 11.3 Å². The van der Waals surface area contributed by atoms with Gasteiger partial charge in [-0.3, -0.25) is 9.58 Å². The Morgan fingerprint density at radius 2 is 2.05 bits per heavy atom. The molecule has 1 fully saturated rings. The van der Waals surface area contributed by atoms with Crippen molar-refractivity contribution in [3.05, 3.63) is 24.9 Å². The molecule has 108 valence electrons. The van der Waals surface area contributed by atoms with E-state index in [-0.39, 0.29) is 0 Å². The number of hydrogen-bond acceptors (Lipinski definition) is 4. The summed E-state index contributed by atoms with van der Waals surface area (Å²) in [4.78, 5) is 6.79. The lowest BCUT2D eigenvalue weighted by molar-refractivity contribution is 0.233. The Bertz CT molecular complexity index is 537. The number of nitrogens with one attached hydrogen (secondary N) is 1. The first-order valence-electron chi connectivity index (χ1n) is 7.33. The van der Waals surface area contributed by atoms with E-state index >= 15 is 0 Å². The second kappa shape index (κ2) is 6.19. The number of hydrogen-bond donors (Lipinski definition) is 1. The predicted octanol–water partition coefficient (Wildman–Crippen LogP) is 0.672. The molecule has 0 aliphatic carbocycles. The van der Waals surface area contributed by atoms with Crippen LogP contribution in [0, 0.1) is 0 Å². The zero-order chi connectivity index (χ0) is 13.8. The molecule has 0 bridgehead atoms. The van der Waals surface area contributed by atoms with E-state index in [4.69, 9.17) is 0 Å². The average Bonchev–Trinajstić information content (AvgIpc) is 3.14. The largest absolute Gasteiger partial charge is 0.329 e. The van der Waals surface area contributed by atoms with Crippen molar-refractivity contribution in [3.63, 3.8) is 0 Å². The summed E-state index contributed by atoms with van der Waals surface area (Å²) in [5, 5.41) is 7.72. The van der Waals surface area contributed by atoms with Crippen molar-refractivity contribution in [1.29, 1.82) is 0 Å². The van der Waals surface area contributed by atoms with Gasteiger partial charge in [-0.05, 0) is 6.92 Å². The summed E-state index contributed by atoms with van der Waals surface area (Å²) in [5.74, 6) is 0. The van der Waals surface area contributed by atoms with Gasteiger partial charge in [-0.15, -0.1) is 0 Å². The van der Waals surface area contributed by atoms with Crippen LogP contribution in [-0.4, -0.2) is 57.0 Å². The van der Waals surface area contributed by atoms with Gasteiger partial charge in [-0.2, -0.15) is 5.10 Å². The summed E-state index contributed by atoms with van der Waals surface area (Å²) in [6.07, 6.45) is 7.84. The SMILES string of the molecule is CCn1cc(-c2cncn2CCN2CCNCC2)cn1. The lowest BCUT2D eigenvalue weighted by Crippen LogP contribution is -2.44. The summed E-state index contributed by atoms with van der Waals surface area (Å²) in [6.45, 7) is 9.52. The molecule has 20 heavy (non-hydrogen) atoms. The van der Waals surface area contributed by atoms with Gasteiger partial charge < -0.3 is 9.88 Å². The molecule has 6 heteroatoms. The Kier molecular flexibility index (Phi) is 4.13. The van der Waals surface area contributed by atoms with Gasteiger partial charge >= 0.3 is 0 Å². The highest BCUT2D eigenvalue weighted by Gasteiger charge is 2.11. The standard InChI is InChI=1S/C14H22N6/c1-2-20-11-13(9-17-20)14-10-16-12-19(14)8-7-18-5-3-15-4-6-18/h9-12,15H,2-8H2,1H3. The molecule has 1 saturated heterocycles. The van der Waals surface area contributed by atoms with E-state index in [0.717, 1.165) is 57.1 Å². The fourth-order valence-electron chi connectivity index (χ4n) is 2.59. The second-order valence-corrected chi connectivity index (χ2v) is 5.15. The molecule has 1 aliphatic heterocycles. The maximum Gasteiger partial charge on any atom is 0.0951 e. The van der Waals surface area contributed by atoms with Crippen LogP contribution in [0.25, 0.3) is 11.3 Å². The molecule has 0 amide bonds. The van der Waals surface area contributed by atoms with E-state index < -0.39 is 0 Å². The van der Waals surface area contributed by atoms with Gasteiger partial charge in [0.05, 0.1) is 24.4 Å². The highest BCUT2D eigenvalue weighted by atomic mass is 15.3. The molecule has 0 radical (unpaired) electrons. The minimum atomic E-state index is 0.898. The van der Waals surface area contributed by atoms with E-state index in [9.17, 15) is 0 Å². The van der Waals surface area contributed by atoms with Crippen molar-refractivity contribution in [2.75, 3.05) is 32.7 Å². The van der Waals surface area contributed by atoms with E-state index in [1.54, 1.807) is 0 Å². The molecule has 0 unspecified atom stereocenters. The Morgan fingerprint density at radius 3 is 2.80 bits per heavy atom. The normalized spacial score (nSPS) is 16.6. The topological polar surface area (TPSA) is 50.9 Å². The summed E-state index contributed by atoms with van der Waals surface area (Å²) >= 11 is 0. The third-order valence-electron chi connectivity index (χ3n) is 3.83. The Hall–Kier alpha value is -1.66. The quantitative estimate of drug-likeness (QED) is 0.871. The molecule has 1 aliphatic rings. The highest BCUT2D eigenvalue weighted by molar-refractivity contribution is 5.56. The Morgan fingerprint density at radius 1 is 1.20 bits per heavy atom. The van der Waals surface area contributed by atoms with Crippen LogP contribution >= 0.6 is 0 Å². The van der Waals surface area contributed by atoms with Crippen LogP contribution in [-0.2, 0) is 13.1 Å². The first kappa shape index (κ1) is 13.3. The Labute approximate surface area is 119 Å². The van der Waals surface area contributed by atoms with Crippen molar-refractivity contribution < 1.29 is 0 Å². The predicted molar refractivity (Wildman–Crippen MR) is 78.4 cm³/mol. The number of nitrogens with zero attached hydrogens (tertiary/aromatic N) is 5. The fraction of sp³-hybridized carbons (Fsp3) is 0.571. The summed E-state index contributed by atoms with van der Waals surface area (Å²) in [7, 11) is 0. The van der Waals surface area contributed by atoms with Gasteiger partial charge in [-0.25, -0.2) is 4.98 Å². The molecule has 3 rings (SSSR count). The van der Waals surface area contributed by atoms with Crippen molar-refractivity contribution in [1.82, 2.24) is 29.5 Å². The third-order valence-corrected chi connectivity index (χ3v) is 3.83. The van der Waals surface area contributed by atoms with Crippen LogP contribution in [0.15, 0.2) is 24.9 Å². The van der Waals surface area contributed by atoms with Crippen LogP contribution < -0.4 is 5.32 Å². The molecule has 0 saturated carbocycles. The minimum absolute atomic E-state index is 0.898. The lowest BCUT2D eigenvalue weighted by atomic mass is 10.2. The van der Waals surface area contributed by atoms with Gasteiger partial charge in [0.1, 0.15) is 0 Å². The first-order chi connectivity index (χ1) is 9.86. The number of aryl methyl sites for hydroxylation is 1. The molecule has 0 atom stereocenters. The monoisotopic (exact) mass is 274 g/mol. The zero-order valence-corrected chi connectivity index (χ0v) is 12.0. The average molecular weight is 274 g/mol. The number of rotatable bonds is 5. The molecule has 2 aromatic rings. The Balaban J connectivity index is 1.66. The zero-order valence-electron chi connectivity index (χ0n) is 12.0. The fourth-order valence-corrected chi connectivity index (χ4v) is 2.59. The van der Waals surface area contributed by atoms with Gasteiger partial charge in [0, 0.05) is 57.6 Å². The van der Waals surface area contributed by atoms with Crippen molar-refractivity contribution in [2.45, 2.75) is 20.0 Å². The van der Waals surface area contributed by atoms with Crippen molar-refractivity contribution in [2.24, 2.45) is 0 Å². The number of piperazine rings is 1. The van der Waals surface area contributed by atoms with Gasteiger partial charge in [0.15, 0.2) is 0 Å². The minimum Gasteiger partial charge on any atom is -0.329 e. The molecule has 2 aromatic heterocycles. The lowest BCUT2D eigenvalue weighted by Gasteiger charge is -2.27. The molecule has 6 nitrogen and oxygen atoms in total. The smallest absolute Gasteiger partial charge is 0.0951 e. The maximum absolute atomic E-state index is 4.34. The van der Waals surface area contributed by atoms with Gasteiger partial charge in [0.2, 0.25) is 0 Å².